The van der Waals surface area contributed by atoms with Crippen molar-refractivity contribution in [2.24, 2.45) is 10.7 Å². The number of aliphatic imine (C=N–C) groups is 1. The van der Waals surface area contributed by atoms with Gasteiger partial charge in [-0.3, -0.25) is 4.79 Å². The van der Waals surface area contributed by atoms with Crippen molar-refractivity contribution in [3.05, 3.63) is 16.5 Å². The maximum absolute atomic E-state index is 10.7. The van der Waals surface area contributed by atoms with Gasteiger partial charge in [0.15, 0.2) is 0 Å². The summed E-state index contributed by atoms with van der Waals surface area (Å²) in [5.41, 5.74) is 6.21. The number of carbonyl (C=O) groups is 1. The van der Waals surface area contributed by atoms with Crippen molar-refractivity contribution < 1.29 is 4.79 Å². The second-order valence-corrected chi connectivity index (χ2v) is 3.35. The molecule has 1 aromatic heterocycles. The summed E-state index contributed by atoms with van der Waals surface area (Å²) < 4.78 is 0. The van der Waals surface area contributed by atoms with Crippen LogP contribution in [-0.4, -0.2) is 12.1 Å². The summed E-state index contributed by atoms with van der Waals surface area (Å²) in [5.74, 6) is -0.361. The molecule has 0 fully saturated rings. The number of nitrogens with zero attached hydrogens (tertiary/aromatic N) is 1. The Morgan fingerprint density at radius 1 is 1.73 bits per heavy atom. The molecule has 2 heterocycles. The van der Waals surface area contributed by atoms with Crippen LogP contribution in [0.4, 0.5) is 5.00 Å². The molecule has 0 aliphatic carbocycles. The molecular weight excluding hydrogens is 160 g/mol. The van der Waals surface area contributed by atoms with E-state index in [0.29, 0.717) is 4.88 Å². The van der Waals surface area contributed by atoms with Crippen LogP contribution in [0, 0.1) is 0 Å². The van der Waals surface area contributed by atoms with Crippen LogP contribution in [-0.2, 0) is 6.42 Å². The number of hydrogen-bond donors (Lipinski definition) is 1. The number of fused-ring (bicyclic) bond motifs is 1. The molecule has 0 saturated heterocycles. The molecule has 2 rings (SSSR count). The molecule has 0 aromatic carbocycles. The van der Waals surface area contributed by atoms with E-state index in [1.165, 1.54) is 11.3 Å². The van der Waals surface area contributed by atoms with E-state index in [1.54, 1.807) is 0 Å². The molecule has 11 heavy (non-hydrogen) atoms. The second-order valence-electron chi connectivity index (χ2n) is 2.32. The van der Waals surface area contributed by atoms with Crippen molar-refractivity contribution in [1.82, 2.24) is 0 Å². The standard InChI is InChI=1S/C7H6N2OS/c8-6(10)5-3-4-1-2-9-7(4)11-5/h2-3H,1H2,(H2,8,10). The first-order valence-corrected chi connectivity index (χ1v) is 4.04. The van der Waals surface area contributed by atoms with E-state index >= 15 is 0 Å². The molecule has 2 N–H and O–H groups in total. The van der Waals surface area contributed by atoms with E-state index in [-0.39, 0.29) is 5.91 Å². The van der Waals surface area contributed by atoms with Crippen molar-refractivity contribution in [2.75, 3.05) is 0 Å². The number of amides is 1. The van der Waals surface area contributed by atoms with Crippen molar-refractivity contribution in [2.45, 2.75) is 6.42 Å². The topological polar surface area (TPSA) is 55.5 Å². The lowest BCUT2D eigenvalue weighted by Gasteiger charge is -1.83. The smallest absolute Gasteiger partial charge is 0.258 e. The zero-order chi connectivity index (χ0) is 7.84. The molecule has 0 bridgehead atoms. The highest BCUT2D eigenvalue weighted by atomic mass is 32.1. The zero-order valence-corrected chi connectivity index (χ0v) is 6.52. The molecule has 0 saturated carbocycles. The molecule has 0 radical (unpaired) electrons. The summed E-state index contributed by atoms with van der Waals surface area (Å²) >= 11 is 1.36. The summed E-state index contributed by atoms with van der Waals surface area (Å²) in [7, 11) is 0. The van der Waals surface area contributed by atoms with E-state index in [0.717, 1.165) is 17.0 Å². The molecule has 1 aliphatic rings. The quantitative estimate of drug-likeness (QED) is 0.667. The Hall–Kier alpha value is -1.16. The van der Waals surface area contributed by atoms with Gasteiger partial charge in [-0.1, -0.05) is 0 Å². The second kappa shape index (κ2) is 2.17. The fourth-order valence-electron chi connectivity index (χ4n) is 1.02. The fourth-order valence-corrected chi connectivity index (χ4v) is 1.93. The molecule has 3 nitrogen and oxygen atoms in total. The van der Waals surface area contributed by atoms with Gasteiger partial charge >= 0.3 is 0 Å². The zero-order valence-electron chi connectivity index (χ0n) is 5.70. The van der Waals surface area contributed by atoms with Crippen molar-refractivity contribution >= 4 is 28.5 Å². The first-order valence-electron chi connectivity index (χ1n) is 3.22. The van der Waals surface area contributed by atoms with Gasteiger partial charge in [-0.15, -0.1) is 11.3 Å². The average Bonchev–Trinajstić information content (AvgIpc) is 2.40. The molecule has 0 spiro atoms. The van der Waals surface area contributed by atoms with Gasteiger partial charge in [0, 0.05) is 12.6 Å². The normalized spacial score (nSPS) is 13.5. The molecule has 4 heteroatoms. The molecular formula is C7H6N2OS. The molecule has 1 amide bonds. The highest BCUT2D eigenvalue weighted by molar-refractivity contribution is 7.18. The first kappa shape index (κ1) is 6.54. The number of nitrogens with two attached hydrogens (primary N) is 1. The third-order valence-electron chi connectivity index (χ3n) is 1.55. The van der Waals surface area contributed by atoms with Gasteiger partial charge in [-0.2, -0.15) is 0 Å². The third-order valence-corrected chi connectivity index (χ3v) is 2.65. The molecule has 1 aromatic rings. The van der Waals surface area contributed by atoms with Crippen LogP contribution in [0.15, 0.2) is 11.1 Å². The number of rotatable bonds is 1. The maximum atomic E-state index is 10.7. The lowest BCUT2D eigenvalue weighted by molar-refractivity contribution is 0.100. The van der Waals surface area contributed by atoms with Crippen LogP contribution in [0.3, 0.4) is 0 Å². The maximum Gasteiger partial charge on any atom is 0.258 e. The minimum atomic E-state index is -0.361. The average molecular weight is 166 g/mol. The van der Waals surface area contributed by atoms with E-state index < -0.39 is 0 Å². The Bertz CT molecular complexity index is 340. The molecule has 56 valence electrons. The summed E-state index contributed by atoms with van der Waals surface area (Å²) in [6.45, 7) is 0. The minimum absolute atomic E-state index is 0.361. The monoisotopic (exact) mass is 166 g/mol. The van der Waals surface area contributed by atoms with Gasteiger partial charge in [-0.25, -0.2) is 4.99 Å². The van der Waals surface area contributed by atoms with Crippen LogP contribution in [0.25, 0.3) is 0 Å². The molecule has 0 unspecified atom stereocenters. The van der Waals surface area contributed by atoms with E-state index in [1.807, 2.05) is 12.3 Å². The predicted molar refractivity (Wildman–Crippen MR) is 44.7 cm³/mol. The van der Waals surface area contributed by atoms with Gasteiger partial charge in [0.25, 0.3) is 5.91 Å². The number of hydrogen-bond acceptors (Lipinski definition) is 3. The summed E-state index contributed by atoms with van der Waals surface area (Å²) in [5, 5.41) is 0.929. The van der Waals surface area contributed by atoms with Crippen LogP contribution < -0.4 is 5.73 Å². The minimum Gasteiger partial charge on any atom is -0.365 e. The Kier molecular flexibility index (Phi) is 1.29. The first-order chi connectivity index (χ1) is 5.27. The van der Waals surface area contributed by atoms with Crippen molar-refractivity contribution in [1.29, 1.82) is 0 Å². The SMILES string of the molecule is NC(=O)c1cc2c(s1)N=CC2. The fraction of sp³-hybridized carbons (Fsp3) is 0.143. The van der Waals surface area contributed by atoms with Gasteiger partial charge in [0.2, 0.25) is 0 Å². The Labute approximate surface area is 67.6 Å². The largest absolute Gasteiger partial charge is 0.365 e. The Balaban J connectivity index is 2.49. The van der Waals surface area contributed by atoms with Gasteiger partial charge in [-0.05, 0) is 11.6 Å². The number of carbonyl (C=O) groups excluding carboxylic acids is 1. The predicted octanol–water partition coefficient (Wildman–Crippen LogP) is 1.11. The lowest BCUT2D eigenvalue weighted by atomic mass is 10.2. The highest BCUT2D eigenvalue weighted by Crippen LogP contribution is 2.33. The van der Waals surface area contributed by atoms with E-state index in [4.69, 9.17) is 5.73 Å². The third kappa shape index (κ3) is 0.952. The molecule has 0 atom stereocenters. The Morgan fingerprint density at radius 2 is 2.55 bits per heavy atom. The number of thiophene rings is 1. The highest BCUT2D eigenvalue weighted by Gasteiger charge is 2.13. The van der Waals surface area contributed by atoms with Crippen LogP contribution in [0.1, 0.15) is 15.2 Å². The van der Waals surface area contributed by atoms with Crippen molar-refractivity contribution in [3.8, 4) is 0 Å². The summed E-state index contributed by atoms with van der Waals surface area (Å²) in [6.07, 6.45) is 2.67. The van der Waals surface area contributed by atoms with E-state index in [2.05, 4.69) is 4.99 Å². The van der Waals surface area contributed by atoms with Crippen LogP contribution in [0.2, 0.25) is 0 Å². The summed E-state index contributed by atoms with van der Waals surface area (Å²) in [4.78, 5) is 15.4. The van der Waals surface area contributed by atoms with Gasteiger partial charge in [0.05, 0.1) is 4.88 Å². The molecule has 1 aliphatic heterocycles. The van der Waals surface area contributed by atoms with Gasteiger partial charge in [0.1, 0.15) is 5.00 Å². The lowest BCUT2D eigenvalue weighted by Crippen LogP contribution is -2.08. The van der Waals surface area contributed by atoms with Gasteiger partial charge < -0.3 is 5.73 Å². The van der Waals surface area contributed by atoms with E-state index in [9.17, 15) is 4.79 Å². The number of primary amides is 1. The summed E-state index contributed by atoms with van der Waals surface area (Å²) in [6, 6.07) is 1.81. The van der Waals surface area contributed by atoms with Crippen LogP contribution >= 0.6 is 11.3 Å². The van der Waals surface area contributed by atoms with Crippen LogP contribution in [0.5, 0.6) is 0 Å². The van der Waals surface area contributed by atoms with Crippen molar-refractivity contribution in [3.63, 3.8) is 0 Å². The Morgan fingerprint density at radius 3 is 3.18 bits per heavy atom.